The van der Waals surface area contributed by atoms with Crippen molar-refractivity contribution in [3.63, 3.8) is 0 Å². The van der Waals surface area contributed by atoms with E-state index in [1.54, 1.807) is 23.6 Å². The van der Waals surface area contributed by atoms with E-state index in [0.29, 0.717) is 4.88 Å². The number of hydrogen-bond donors (Lipinski definition) is 2. The number of carbonyl (C=O) groups excluding carboxylic acids is 2. The number of ether oxygens (including phenoxy) is 2. The van der Waals surface area contributed by atoms with Crippen LogP contribution in [0.1, 0.15) is 15.2 Å². The largest absolute Gasteiger partial charge is 0.493 e. The van der Waals surface area contributed by atoms with E-state index in [1.807, 2.05) is 0 Å². The molecule has 2 amide bonds. The summed E-state index contributed by atoms with van der Waals surface area (Å²) in [6.07, 6.45) is 2.34. The first-order chi connectivity index (χ1) is 12.0. The van der Waals surface area contributed by atoms with Crippen molar-refractivity contribution in [2.45, 2.75) is 6.61 Å². The van der Waals surface area contributed by atoms with E-state index >= 15 is 0 Å². The summed E-state index contributed by atoms with van der Waals surface area (Å²) in [5.74, 6) is -1.18. The van der Waals surface area contributed by atoms with Gasteiger partial charge in [0.05, 0.1) is 12.0 Å². The number of amides is 2. The minimum Gasteiger partial charge on any atom is -0.493 e. The molecule has 1 aromatic carbocycles. The van der Waals surface area contributed by atoms with E-state index in [4.69, 9.17) is 4.74 Å². The number of benzene rings is 1. The lowest BCUT2D eigenvalue weighted by Crippen LogP contribution is -2.40. The average Bonchev–Trinajstić information content (AvgIpc) is 3.12. The summed E-state index contributed by atoms with van der Waals surface area (Å²) in [6, 6.07) is 7.80. The highest BCUT2D eigenvalue weighted by Crippen LogP contribution is 2.33. The van der Waals surface area contributed by atoms with E-state index in [-0.39, 0.29) is 17.1 Å². The van der Waals surface area contributed by atoms with Crippen molar-refractivity contribution in [3.05, 3.63) is 52.2 Å². The van der Waals surface area contributed by atoms with Gasteiger partial charge in [-0.25, -0.2) is 0 Å². The second-order valence-electron chi connectivity index (χ2n) is 4.51. The summed E-state index contributed by atoms with van der Waals surface area (Å²) in [6.45, 7) is -3.04. The normalized spacial score (nSPS) is 10.7. The second kappa shape index (κ2) is 8.78. The summed E-state index contributed by atoms with van der Waals surface area (Å²) in [7, 11) is 1.31. The number of methoxy groups -OCH3 is 1. The van der Waals surface area contributed by atoms with Crippen LogP contribution in [0.5, 0.6) is 11.5 Å². The molecule has 132 valence electrons. The highest BCUT2D eigenvalue weighted by molar-refractivity contribution is 7.12. The first kappa shape index (κ1) is 18.4. The minimum atomic E-state index is -3.04. The fourth-order valence-corrected chi connectivity index (χ4v) is 2.45. The van der Waals surface area contributed by atoms with Crippen LogP contribution in [0.2, 0.25) is 0 Å². The maximum Gasteiger partial charge on any atom is 0.387 e. The molecule has 0 fully saturated rings. The zero-order valence-electron chi connectivity index (χ0n) is 13.0. The molecule has 0 spiro atoms. The molecular weight excluding hydrogens is 354 g/mol. The van der Waals surface area contributed by atoms with Crippen molar-refractivity contribution in [3.8, 4) is 11.5 Å². The predicted octanol–water partition coefficient (Wildman–Crippen LogP) is 2.83. The Balaban J connectivity index is 2.03. The second-order valence-corrected chi connectivity index (χ2v) is 5.46. The highest BCUT2D eigenvalue weighted by atomic mass is 32.1. The molecule has 1 aromatic heterocycles. The Bertz CT molecular complexity index is 764. The first-order valence-electron chi connectivity index (χ1n) is 6.95. The summed E-state index contributed by atoms with van der Waals surface area (Å²) in [5, 5.41) is 1.73. The number of nitrogens with one attached hydrogen (secondary N) is 2. The van der Waals surface area contributed by atoms with Gasteiger partial charge in [0.1, 0.15) is 0 Å². The van der Waals surface area contributed by atoms with Gasteiger partial charge in [-0.3, -0.25) is 20.4 Å². The van der Waals surface area contributed by atoms with Crippen LogP contribution in [0.15, 0.2) is 41.8 Å². The molecule has 0 unspecified atom stereocenters. The van der Waals surface area contributed by atoms with Crippen molar-refractivity contribution in [1.29, 1.82) is 0 Å². The van der Waals surface area contributed by atoms with Crippen molar-refractivity contribution < 1.29 is 27.8 Å². The molecule has 2 N–H and O–H groups in total. The zero-order chi connectivity index (χ0) is 18.2. The van der Waals surface area contributed by atoms with Gasteiger partial charge in [0, 0.05) is 11.6 Å². The van der Waals surface area contributed by atoms with Crippen LogP contribution in [-0.4, -0.2) is 25.5 Å². The lowest BCUT2D eigenvalue weighted by atomic mass is 10.1. The highest BCUT2D eigenvalue weighted by Gasteiger charge is 2.14. The Morgan fingerprint density at radius 2 is 2.00 bits per heavy atom. The molecule has 0 aliphatic heterocycles. The van der Waals surface area contributed by atoms with Crippen molar-refractivity contribution in [2.75, 3.05) is 7.11 Å². The van der Waals surface area contributed by atoms with Crippen LogP contribution in [0.25, 0.3) is 6.08 Å². The minimum absolute atomic E-state index is 0.105. The van der Waals surface area contributed by atoms with Gasteiger partial charge in [0.2, 0.25) is 0 Å². The third-order valence-corrected chi connectivity index (χ3v) is 3.76. The molecule has 2 rings (SSSR count). The van der Waals surface area contributed by atoms with Crippen LogP contribution in [0, 0.1) is 0 Å². The summed E-state index contributed by atoms with van der Waals surface area (Å²) in [5.41, 5.74) is 4.65. The number of hydrogen-bond acceptors (Lipinski definition) is 5. The number of hydrazine groups is 1. The van der Waals surface area contributed by atoms with E-state index in [2.05, 4.69) is 15.6 Å². The maximum absolute atomic E-state index is 12.5. The lowest BCUT2D eigenvalue weighted by molar-refractivity contribution is -0.117. The smallest absolute Gasteiger partial charge is 0.387 e. The quantitative estimate of drug-likeness (QED) is 0.607. The van der Waals surface area contributed by atoms with E-state index in [9.17, 15) is 18.4 Å². The van der Waals surface area contributed by atoms with Gasteiger partial charge >= 0.3 is 6.61 Å². The number of para-hydroxylation sites is 1. The van der Waals surface area contributed by atoms with Crippen LogP contribution < -0.4 is 20.3 Å². The van der Waals surface area contributed by atoms with Gasteiger partial charge in [-0.15, -0.1) is 11.3 Å². The first-order valence-corrected chi connectivity index (χ1v) is 7.83. The van der Waals surface area contributed by atoms with Crippen molar-refractivity contribution in [1.82, 2.24) is 10.9 Å². The topological polar surface area (TPSA) is 76.7 Å². The van der Waals surface area contributed by atoms with Crippen LogP contribution in [0.3, 0.4) is 0 Å². The molecule has 6 nitrogen and oxygen atoms in total. The average molecular weight is 368 g/mol. The molecular formula is C16H14F2N2O4S. The standard InChI is InChI=1S/C16H14F2N2O4S/c1-23-11-5-2-4-10(14(11)24-16(17)18)7-8-13(21)19-20-15(22)12-6-3-9-25-12/h2-9,16H,1H3,(H,19,21)(H,20,22)/b8-7+. The molecule has 25 heavy (non-hydrogen) atoms. The van der Waals surface area contributed by atoms with Gasteiger partial charge in [0.25, 0.3) is 11.8 Å². The van der Waals surface area contributed by atoms with Gasteiger partial charge < -0.3 is 9.47 Å². The molecule has 9 heteroatoms. The Labute approximate surface area is 146 Å². The Morgan fingerprint density at radius 3 is 2.64 bits per heavy atom. The Morgan fingerprint density at radius 1 is 1.20 bits per heavy atom. The summed E-state index contributed by atoms with van der Waals surface area (Å²) in [4.78, 5) is 23.9. The Hall–Kier alpha value is -2.94. The van der Waals surface area contributed by atoms with Crippen molar-refractivity contribution >= 4 is 29.2 Å². The van der Waals surface area contributed by atoms with Crippen LogP contribution in [0.4, 0.5) is 8.78 Å². The molecule has 0 saturated heterocycles. The third kappa shape index (κ3) is 5.28. The fourth-order valence-electron chi connectivity index (χ4n) is 1.83. The Kier molecular flexibility index (Phi) is 6.47. The molecule has 0 saturated carbocycles. The van der Waals surface area contributed by atoms with Crippen LogP contribution >= 0.6 is 11.3 Å². The van der Waals surface area contributed by atoms with Gasteiger partial charge in [-0.2, -0.15) is 8.78 Å². The summed E-state index contributed by atoms with van der Waals surface area (Å²) >= 11 is 1.22. The van der Waals surface area contributed by atoms with E-state index < -0.39 is 18.4 Å². The molecule has 0 aliphatic rings. The number of halogens is 2. The van der Waals surface area contributed by atoms with Crippen LogP contribution in [-0.2, 0) is 4.79 Å². The molecule has 1 heterocycles. The van der Waals surface area contributed by atoms with Gasteiger partial charge in [-0.1, -0.05) is 18.2 Å². The number of thiophene rings is 1. The molecule has 0 radical (unpaired) electrons. The predicted molar refractivity (Wildman–Crippen MR) is 88.6 cm³/mol. The summed E-state index contributed by atoms with van der Waals surface area (Å²) < 4.78 is 34.5. The molecule has 2 aromatic rings. The molecule has 0 atom stereocenters. The SMILES string of the molecule is COc1cccc(/C=C/C(=O)NNC(=O)c2cccs2)c1OC(F)F. The van der Waals surface area contributed by atoms with Gasteiger partial charge in [0.15, 0.2) is 11.5 Å². The van der Waals surface area contributed by atoms with Gasteiger partial charge in [-0.05, 0) is 23.6 Å². The lowest BCUT2D eigenvalue weighted by Gasteiger charge is -2.12. The monoisotopic (exact) mass is 368 g/mol. The fraction of sp³-hybridized carbons (Fsp3) is 0.125. The third-order valence-electron chi connectivity index (χ3n) is 2.89. The zero-order valence-corrected chi connectivity index (χ0v) is 13.8. The van der Waals surface area contributed by atoms with E-state index in [1.165, 1.54) is 36.7 Å². The number of alkyl halides is 2. The van der Waals surface area contributed by atoms with Crippen molar-refractivity contribution in [2.24, 2.45) is 0 Å². The maximum atomic E-state index is 12.5. The van der Waals surface area contributed by atoms with E-state index in [0.717, 1.165) is 6.08 Å². The molecule has 0 aliphatic carbocycles. The number of rotatable bonds is 6. The molecule has 0 bridgehead atoms. The number of carbonyl (C=O) groups is 2.